The van der Waals surface area contributed by atoms with Crippen molar-refractivity contribution in [2.45, 2.75) is 24.9 Å². The van der Waals surface area contributed by atoms with Gasteiger partial charge in [0, 0.05) is 35.5 Å². The van der Waals surface area contributed by atoms with E-state index in [1.807, 2.05) is 36.4 Å². The van der Waals surface area contributed by atoms with Crippen molar-refractivity contribution >= 4 is 52.6 Å². The minimum Gasteiger partial charge on any atom is -0.366 e. The van der Waals surface area contributed by atoms with Crippen LogP contribution in [0.25, 0.3) is 11.0 Å². The number of nitrogens with one attached hydrogen (secondary N) is 1. The maximum atomic E-state index is 12.0. The molecule has 1 N–H and O–H groups in total. The van der Waals surface area contributed by atoms with Crippen LogP contribution in [-0.4, -0.2) is 42.3 Å². The predicted octanol–water partition coefficient (Wildman–Crippen LogP) is 4.50. The highest BCUT2D eigenvalue weighted by molar-refractivity contribution is 6.31. The number of likely N-dealkylation sites (tertiary alicyclic amines) is 1. The predicted molar refractivity (Wildman–Crippen MR) is 117 cm³/mol. The molecule has 0 aliphatic carbocycles. The normalized spacial score (nSPS) is 18.2. The number of piperidine rings is 1. The summed E-state index contributed by atoms with van der Waals surface area (Å²) in [4.78, 5) is 16.4. The average Bonchev–Trinajstić information content (AvgIpc) is 3.33. The number of nitrogens with zero attached hydrogens (tertiary/aromatic N) is 3. The van der Waals surface area contributed by atoms with Crippen LogP contribution < -0.4 is 10.2 Å². The van der Waals surface area contributed by atoms with Gasteiger partial charge in [-0.3, -0.25) is 9.69 Å². The molecule has 2 aromatic carbocycles. The molecule has 1 aromatic heterocycles. The number of anilines is 2. The molecule has 1 atom stereocenters. The lowest BCUT2D eigenvalue weighted by atomic mass is 9.91. The van der Waals surface area contributed by atoms with Crippen LogP contribution in [0, 0.1) is 0 Å². The van der Waals surface area contributed by atoms with Crippen LogP contribution in [0.3, 0.4) is 0 Å². The summed E-state index contributed by atoms with van der Waals surface area (Å²) in [6.07, 6.45) is 2.68. The number of hydrogen-bond donors (Lipinski definition) is 1. The smallest absolute Gasteiger partial charge is 0.168 e. The number of benzene rings is 2. The van der Waals surface area contributed by atoms with Crippen LogP contribution in [-0.2, 0) is 4.79 Å². The lowest BCUT2D eigenvalue weighted by Crippen LogP contribution is -2.52. The van der Waals surface area contributed by atoms with Gasteiger partial charge in [-0.25, -0.2) is 0 Å². The van der Waals surface area contributed by atoms with Crippen LogP contribution in [0.1, 0.15) is 24.5 Å². The topological polar surface area (TPSA) is 61.6 Å². The minimum absolute atomic E-state index is 0. The summed E-state index contributed by atoms with van der Waals surface area (Å²) in [6.45, 7) is 2.33. The Morgan fingerprint density at radius 2 is 2.00 bits per heavy atom. The fraction of sp³-hybridized carbons (Fsp3) is 0.333. The molecule has 1 fully saturated rings. The van der Waals surface area contributed by atoms with Gasteiger partial charge in [0.25, 0.3) is 0 Å². The Hall–Kier alpha value is -2.28. The molecule has 0 spiro atoms. The third-order valence-electron chi connectivity index (χ3n) is 5.85. The van der Waals surface area contributed by atoms with Gasteiger partial charge in [-0.05, 0) is 37.1 Å². The second kappa shape index (κ2) is 8.22. The molecule has 152 valence electrons. The van der Waals surface area contributed by atoms with E-state index in [0.29, 0.717) is 17.6 Å². The molecule has 1 saturated heterocycles. The highest BCUT2D eigenvalue weighted by atomic mass is 35.5. The molecule has 3 heterocycles. The molecule has 0 bridgehead atoms. The van der Waals surface area contributed by atoms with Crippen molar-refractivity contribution in [3.8, 4) is 0 Å². The zero-order valence-electron chi connectivity index (χ0n) is 15.8. The van der Waals surface area contributed by atoms with Gasteiger partial charge in [-0.1, -0.05) is 28.9 Å². The molecular formula is C21H22Cl2N4O2. The summed E-state index contributed by atoms with van der Waals surface area (Å²) in [5.74, 6) is 0.329. The van der Waals surface area contributed by atoms with Crippen molar-refractivity contribution in [3.05, 3.63) is 53.2 Å². The maximum Gasteiger partial charge on any atom is 0.168 e. The zero-order chi connectivity index (χ0) is 19.1. The summed E-state index contributed by atoms with van der Waals surface area (Å²) >= 11 is 6.04. The largest absolute Gasteiger partial charge is 0.366 e. The van der Waals surface area contributed by atoms with Crippen LogP contribution in [0.5, 0.6) is 0 Å². The average molecular weight is 433 g/mol. The minimum atomic E-state index is -0.259. The van der Waals surface area contributed by atoms with Gasteiger partial charge in [0.05, 0.1) is 23.7 Å². The maximum absolute atomic E-state index is 12.0. The fourth-order valence-electron chi connectivity index (χ4n) is 4.38. The third kappa shape index (κ3) is 3.56. The number of aromatic nitrogens is 1. The van der Waals surface area contributed by atoms with Crippen LogP contribution in [0.4, 0.5) is 11.4 Å². The Morgan fingerprint density at radius 3 is 2.79 bits per heavy atom. The molecule has 6 nitrogen and oxygen atoms in total. The molecule has 0 radical (unpaired) electrons. The number of para-hydroxylation sites is 2. The van der Waals surface area contributed by atoms with E-state index in [1.165, 1.54) is 0 Å². The van der Waals surface area contributed by atoms with Gasteiger partial charge in [0.1, 0.15) is 6.17 Å². The third-order valence-corrected chi connectivity index (χ3v) is 6.08. The monoisotopic (exact) mass is 432 g/mol. The van der Waals surface area contributed by atoms with E-state index in [4.69, 9.17) is 16.1 Å². The number of halogens is 2. The highest BCUT2D eigenvalue weighted by Crippen LogP contribution is 2.36. The van der Waals surface area contributed by atoms with Gasteiger partial charge < -0.3 is 14.7 Å². The number of fused-ring (bicyclic) bond motifs is 2. The number of hydrogen-bond acceptors (Lipinski definition) is 6. The van der Waals surface area contributed by atoms with Crippen LogP contribution >= 0.6 is 24.0 Å². The van der Waals surface area contributed by atoms with E-state index >= 15 is 0 Å². The standard InChI is InChI=1S/C21H21ClN4O2.ClH/c22-15-5-6-16-19(11-15)28-24-21(16)14-7-9-25(10-8-14)20(12-27)26-13-23-17-3-1-2-4-18(17)26;/h1-6,11-12,14,20,23H,7-10,13H2;1H. The van der Waals surface area contributed by atoms with Gasteiger partial charge >= 0.3 is 0 Å². The SMILES string of the molecule is Cl.O=CC(N1CCC(c2noc3cc(Cl)ccc23)CC1)N1CNc2ccccc21. The summed E-state index contributed by atoms with van der Waals surface area (Å²) in [7, 11) is 0. The lowest BCUT2D eigenvalue weighted by Gasteiger charge is -2.39. The van der Waals surface area contributed by atoms with E-state index < -0.39 is 0 Å². The Labute approximate surface area is 180 Å². The van der Waals surface area contributed by atoms with Crippen molar-refractivity contribution in [2.75, 3.05) is 30.0 Å². The van der Waals surface area contributed by atoms with Crippen LogP contribution in [0.15, 0.2) is 47.0 Å². The molecule has 0 saturated carbocycles. The molecule has 3 aromatic rings. The van der Waals surface area contributed by atoms with E-state index in [1.54, 1.807) is 0 Å². The molecule has 29 heavy (non-hydrogen) atoms. The molecular weight excluding hydrogens is 411 g/mol. The van der Waals surface area contributed by atoms with E-state index in [0.717, 1.165) is 60.3 Å². The van der Waals surface area contributed by atoms with Crippen molar-refractivity contribution in [1.29, 1.82) is 0 Å². The second-order valence-corrected chi connectivity index (χ2v) is 7.83. The molecule has 8 heteroatoms. The first kappa shape index (κ1) is 20.0. The second-order valence-electron chi connectivity index (χ2n) is 7.39. The lowest BCUT2D eigenvalue weighted by molar-refractivity contribution is -0.112. The van der Waals surface area contributed by atoms with Crippen molar-refractivity contribution < 1.29 is 9.32 Å². The Bertz CT molecular complexity index is 1020. The van der Waals surface area contributed by atoms with Gasteiger partial charge in [0.15, 0.2) is 11.9 Å². The molecule has 5 rings (SSSR count). The fourth-order valence-corrected chi connectivity index (χ4v) is 4.55. The van der Waals surface area contributed by atoms with Crippen molar-refractivity contribution in [2.24, 2.45) is 0 Å². The summed E-state index contributed by atoms with van der Waals surface area (Å²) in [5.41, 5.74) is 3.90. The molecule has 2 aliphatic heterocycles. The summed E-state index contributed by atoms with van der Waals surface area (Å²) in [6, 6.07) is 13.8. The first-order valence-electron chi connectivity index (χ1n) is 9.58. The number of carbonyl (C=O) groups excluding carboxylic acids is 1. The molecule has 2 aliphatic rings. The van der Waals surface area contributed by atoms with Crippen molar-refractivity contribution in [1.82, 2.24) is 10.1 Å². The van der Waals surface area contributed by atoms with Crippen molar-refractivity contribution in [3.63, 3.8) is 0 Å². The quantitative estimate of drug-likeness (QED) is 0.612. The van der Waals surface area contributed by atoms with Crippen LogP contribution in [0.2, 0.25) is 5.02 Å². The van der Waals surface area contributed by atoms with E-state index in [2.05, 4.69) is 26.3 Å². The first-order valence-corrected chi connectivity index (χ1v) is 9.96. The zero-order valence-corrected chi connectivity index (χ0v) is 17.3. The summed E-state index contributed by atoms with van der Waals surface area (Å²) in [5, 5.41) is 9.37. The Morgan fingerprint density at radius 1 is 1.21 bits per heavy atom. The van der Waals surface area contributed by atoms with E-state index in [-0.39, 0.29) is 18.6 Å². The Kier molecular flexibility index (Phi) is 5.67. The number of aldehydes is 1. The summed E-state index contributed by atoms with van der Waals surface area (Å²) < 4.78 is 5.48. The van der Waals surface area contributed by atoms with Gasteiger partial charge in [0.2, 0.25) is 0 Å². The highest BCUT2D eigenvalue weighted by Gasteiger charge is 2.33. The Balaban J connectivity index is 0.00000205. The van der Waals surface area contributed by atoms with Gasteiger partial charge in [-0.2, -0.15) is 0 Å². The molecule has 1 unspecified atom stereocenters. The van der Waals surface area contributed by atoms with Gasteiger partial charge in [-0.15, -0.1) is 12.4 Å². The first-order chi connectivity index (χ1) is 13.7. The molecule has 0 amide bonds. The number of carbonyl (C=O) groups is 1. The number of rotatable bonds is 4. The van der Waals surface area contributed by atoms with E-state index in [9.17, 15) is 4.79 Å².